The topological polar surface area (TPSA) is 29.5 Å². The number of fused-ring (bicyclic) bond motifs is 11. The highest BCUT2D eigenvalue weighted by molar-refractivity contribution is 6.19. The zero-order valence-corrected chi connectivity index (χ0v) is 30.8. The quantitative estimate of drug-likeness (QED) is 0.165. The summed E-state index contributed by atoms with van der Waals surface area (Å²) in [6.07, 6.45) is 0. The Morgan fingerprint density at radius 1 is 0.316 bits per heavy atom. The summed E-state index contributed by atoms with van der Waals surface area (Å²) >= 11 is 0. The van der Waals surface area contributed by atoms with E-state index in [-0.39, 0.29) is 0 Å². The Balaban J connectivity index is 0.989. The molecule has 0 radical (unpaired) electrons. The van der Waals surface area contributed by atoms with Gasteiger partial charge in [-0.3, -0.25) is 0 Å². The van der Waals surface area contributed by atoms with E-state index in [1.54, 1.807) is 0 Å². The van der Waals surface area contributed by atoms with Crippen LogP contribution in [0.5, 0.6) is 0 Å². The van der Waals surface area contributed by atoms with Crippen molar-refractivity contribution >= 4 is 93.3 Å². The van der Waals surface area contributed by atoms with Gasteiger partial charge in [-0.1, -0.05) is 140 Å². The second kappa shape index (κ2) is 12.5. The Bertz CT molecular complexity index is 3520. The van der Waals surface area contributed by atoms with E-state index >= 15 is 0 Å². The van der Waals surface area contributed by atoms with Crippen LogP contribution in [0.15, 0.2) is 209 Å². The van der Waals surface area contributed by atoms with Gasteiger partial charge in [0.05, 0.1) is 11.1 Å². The second-order valence-electron chi connectivity index (χ2n) is 14.8. The lowest BCUT2D eigenvalue weighted by atomic mass is 9.97. The first kappa shape index (κ1) is 31.7. The molecule has 3 heteroatoms. The maximum atomic E-state index is 6.54. The number of anilines is 3. The van der Waals surface area contributed by atoms with Crippen LogP contribution in [0.4, 0.5) is 17.1 Å². The van der Waals surface area contributed by atoms with Gasteiger partial charge in [0.2, 0.25) is 0 Å². The molecule has 0 saturated heterocycles. The van der Waals surface area contributed by atoms with Crippen LogP contribution in [-0.4, -0.2) is 0 Å². The van der Waals surface area contributed by atoms with Crippen molar-refractivity contribution in [3.8, 4) is 22.3 Å². The highest BCUT2D eigenvalue weighted by Crippen LogP contribution is 2.45. The number of furan rings is 2. The minimum absolute atomic E-state index is 0.863. The number of para-hydroxylation sites is 1. The third-order valence-electron chi connectivity index (χ3n) is 11.6. The summed E-state index contributed by atoms with van der Waals surface area (Å²) in [5.41, 5.74) is 11.4. The number of hydrogen-bond acceptors (Lipinski definition) is 3. The van der Waals surface area contributed by atoms with Gasteiger partial charge in [-0.15, -0.1) is 0 Å². The molecule has 0 saturated carbocycles. The van der Waals surface area contributed by atoms with Crippen molar-refractivity contribution < 1.29 is 8.83 Å². The van der Waals surface area contributed by atoms with Crippen molar-refractivity contribution in [3.05, 3.63) is 200 Å². The van der Waals surface area contributed by atoms with Gasteiger partial charge in [-0.25, -0.2) is 0 Å². The molecule has 0 unspecified atom stereocenters. The van der Waals surface area contributed by atoms with Crippen LogP contribution in [0.1, 0.15) is 0 Å². The molecule has 0 fully saturated rings. The lowest BCUT2D eigenvalue weighted by Crippen LogP contribution is -2.10. The Kier molecular flexibility index (Phi) is 6.93. The van der Waals surface area contributed by atoms with Crippen molar-refractivity contribution in [1.29, 1.82) is 0 Å². The fourth-order valence-electron chi connectivity index (χ4n) is 8.95. The van der Waals surface area contributed by atoms with Crippen molar-refractivity contribution in [2.45, 2.75) is 0 Å². The molecule has 2 heterocycles. The normalized spacial score (nSPS) is 11.9. The molecule has 0 aliphatic heterocycles. The standard InChI is InChI=1S/C54H33NO2/c1-3-11-42-35(9-1)19-20-39-33-38(26-31-43(39)42)34-21-27-40(28-22-34)55(48-15-8-18-51-53(48)46-13-5-6-16-49(46)56-51)41-29-23-37(24-30-41)44-14-7-17-50-52(44)47-32-25-36-10-2-4-12-45(36)54(47)57-50/h1-33H. The molecular weight excluding hydrogens is 695 g/mol. The zero-order chi connectivity index (χ0) is 37.5. The highest BCUT2D eigenvalue weighted by Gasteiger charge is 2.20. The average molecular weight is 728 g/mol. The summed E-state index contributed by atoms with van der Waals surface area (Å²) in [4.78, 5) is 2.35. The summed E-state index contributed by atoms with van der Waals surface area (Å²) in [6.45, 7) is 0. The van der Waals surface area contributed by atoms with Crippen molar-refractivity contribution in [3.63, 3.8) is 0 Å². The molecule has 0 N–H and O–H groups in total. The molecule has 3 nitrogen and oxygen atoms in total. The molecule has 0 aliphatic rings. The van der Waals surface area contributed by atoms with Crippen LogP contribution in [0.2, 0.25) is 0 Å². The van der Waals surface area contributed by atoms with E-state index in [0.29, 0.717) is 0 Å². The van der Waals surface area contributed by atoms with E-state index < -0.39 is 0 Å². The molecule has 10 aromatic carbocycles. The van der Waals surface area contributed by atoms with Crippen LogP contribution in [0.25, 0.3) is 98.4 Å². The monoisotopic (exact) mass is 727 g/mol. The first-order valence-electron chi connectivity index (χ1n) is 19.4. The van der Waals surface area contributed by atoms with Gasteiger partial charge in [-0.05, 0) is 110 Å². The minimum Gasteiger partial charge on any atom is -0.456 e. The summed E-state index contributed by atoms with van der Waals surface area (Å²) in [6, 6.07) is 71.5. The number of rotatable bonds is 5. The smallest absolute Gasteiger partial charge is 0.143 e. The molecule has 0 atom stereocenters. The maximum Gasteiger partial charge on any atom is 0.143 e. The first-order valence-corrected chi connectivity index (χ1v) is 19.4. The van der Waals surface area contributed by atoms with E-state index in [9.17, 15) is 0 Å². The van der Waals surface area contributed by atoms with Gasteiger partial charge in [0, 0.05) is 32.9 Å². The molecule has 12 rings (SSSR count). The first-order chi connectivity index (χ1) is 28.2. The molecule has 2 aromatic heterocycles. The Labute approximate surface area is 328 Å². The van der Waals surface area contributed by atoms with Gasteiger partial charge in [0.25, 0.3) is 0 Å². The Morgan fingerprint density at radius 2 is 0.877 bits per heavy atom. The largest absolute Gasteiger partial charge is 0.456 e. The summed E-state index contributed by atoms with van der Waals surface area (Å²) in [5, 5.41) is 11.8. The Hall–Kier alpha value is -7.62. The zero-order valence-electron chi connectivity index (χ0n) is 30.8. The summed E-state index contributed by atoms with van der Waals surface area (Å²) in [7, 11) is 0. The molecule has 0 spiro atoms. The van der Waals surface area contributed by atoms with Crippen molar-refractivity contribution in [1.82, 2.24) is 0 Å². The van der Waals surface area contributed by atoms with Crippen molar-refractivity contribution in [2.75, 3.05) is 4.90 Å². The van der Waals surface area contributed by atoms with Gasteiger partial charge in [-0.2, -0.15) is 0 Å². The van der Waals surface area contributed by atoms with Crippen LogP contribution in [0.3, 0.4) is 0 Å². The van der Waals surface area contributed by atoms with Crippen LogP contribution in [-0.2, 0) is 0 Å². The van der Waals surface area contributed by atoms with Crippen LogP contribution in [0, 0.1) is 0 Å². The Morgan fingerprint density at radius 3 is 1.68 bits per heavy atom. The molecule has 0 amide bonds. The molecule has 266 valence electrons. The third-order valence-corrected chi connectivity index (χ3v) is 11.6. The van der Waals surface area contributed by atoms with E-state index in [0.717, 1.165) is 77.5 Å². The van der Waals surface area contributed by atoms with Gasteiger partial charge >= 0.3 is 0 Å². The average Bonchev–Trinajstić information content (AvgIpc) is 3.86. The van der Waals surface area contributed by atoms with Crippen molar-refractivity contribution in [2.24, 2.45) is 0 Å². The minimum atomic E-state index is 0.863. The lowest BCUT2D eigenvalue weighted by Gasteiger charge is -2.26. The molecule has 12 aromatic rings. The van der Waals surface area contributed by atoms with Gasteiger partial charge in [0.15, 0.2) is 0 Å². The molecule has 57 heavy (non-hydrogen) atoms. The summed E-state index contributed by atoms with van der Waals surface area (Å²) in [5.74, 6) is 0. The third kappa shape index (κ3) is 4.99. The predicted molar refractivity (Wildman–Crippen MR) is 239 cm³/mol. The second-order valence-corrected chi connectivity index (χ2v) is 14.8. The van der Waals surface area contributed by atoms with E-state index in [4.69, 9.17) is 8.83 Å². The summed E-state index contributed by atoms with van der Waals surface area (Å²) < 4.78 is 12.9. The van der Waals surface area contributed by atoms with Crippen LogP contribution < -0.4 is 4.90 Å². The molecule has 0 aliphatic carbocycles. The maximum absolute atomic E-state index is 6.54. The van der Waals surface area contributed by atoms with Crippen LogP contribution >= 0.6 is 0 Å². The number of hydrogen-bond donors (Lipinski definition) is 0. The highest BCUT2D eigenvalue weighted by atomic mass is 16.3. The van der Waals surface area contributed by atoms with Gasteiger partial charge < -0.3 is 13.7 Å². The lowest BCUT2D eigenvalue weighted by molar-refractivity contribution is 0.669. The number of benzene rings is 10. The number of nitrogens with zero attached hydrogens (tertiary/aromatic N) is 1. The van der Waals surface area contributed by atoms with E-state index in [1.807, 2.05) is 12.1 Å². The van der Waals surface area contributed by atoms with E-state index in [1.165, 1.54) is 38.1 Å². The van der Waals surface area contributed by atoms with Gasteiger partial charge in [0.1, 0.15) is 22.3 Å². The fourth-order valence-corrected chi connectivity index (χ4v) is 8.95. The SMILES string of the molecule is c1ccc2c(c1)ccc1cc(-c3ccc(N(c4ccc(-c5cccc6oc7c8ccccc8ccc7c56)cc4)c4cccc5oc6ccccc6c45)cc3)ccc12. The van der Waals surface area contributed by atoms with E-state index in [2.05, 4.69) is 193 Å². The fraction of sp³-hybridized carbons (Fsp3) is 0. The molecule has 0 bridgehead atoms. The molecular formula is C54H33NO2. The predicted octanol–water partition coefficient (Wildman–Crippen LogP) is 15.7.